The first-order valence-corrected chi connectivity index (χ1v) is 6.37. The second kappa shape index (κ2) is 7.41. The number of benzene rings is 1. The summed E-state index contributed by atoms with van der Waals surface area (Å²) in [5.74, 6) is -0.164. The summed E-state index contributed by atoms with van der Waals surface area (Å²) in [5.41, 5.74) is 1.41. The highest BCUT2D eigenvalue weighted by Crippen LogP contribution is 2.14. The van der Waals surface area contributed by atoms with E-state index in [0.717, 1.165) is 12.2 Å². The Morgan fingerprint density at radius 3 is 2.53 bits per heavy atom. The molecule has 0 aromatic heterocycles. The summed E-state index contributed by atoms with van der Waals surface area (Å²) < 4.78 is 0. The highest BCUT2D eigenvalue weighted by Gasteiger charge is 2.10. The van der Waals surface area contributed by atoms with Crippen molar-refractivity contribution in [3.8, 4) is 0 Å². The van der Waals surface area contributed by atoms with Crippen molar-refractivity contribution in [1.82, 2.24) is 10.2 Å². The number of para-hydroxylation sites is 1. The van der Waals surface area contributed by atoms with Crippen LogP contribution in [0.4, 0.5) is 5.69 Å². The maximum Gasteiger partial charge on any atom is 0.253 e. The van der Waals surface area contributed by atoms with E-state index in [4.69, 9.17) is 0 Å². The zero-order valence-corrected chi connectivity index (χ0v) is 11.7. The first kappa shape index (κ1) is 15.0. The Kier molecular flexibility index (Phi) is 5.85. The summed E-state index contributed by atoms with van der Waals surface area (Å²) in [7, 11) is 3.40. The lowest BCUT2D eigenvalue weighted by molar-refractivity contribution is -0.128. The number of carbonyl (C=O) groups excluding carboxylic acids is 2. The fraction of sp³-hybridized carbons (Fsp3) is 0.429. The largest absolute Gasteiger partial charge is 0.385 e. The Bertz CT molecular complexity index is 444. The van der Waals surface area contributed by atoms with Crippen LogP contribution in [0, 0.1) is 0 Å². The number of amides is 2. The van der Waals surface area contributed by atoms with Crippen molar-refractivity contribution in [3.63, 3.8) is 0 Å². The van der Waals surface area contributed by atoms with E-state index in [9.17, 15) is 9.59 Å². The zero-order valence-electron chi connectivity index (χ0n) is 11.7. The number of anilines is 1. The van der Waals surface area contributed by atoms with Gasteiger partial charge in [0.1, 0.15) is 0 Å². The van der Waals surface area contributed by atoms with E-state index < -0.39 is 0 Å². The average molecular weight is 263 g/mol. The summed E-state index contributed by atoms with van der Waals surface area (Å²) in [4.78, 5) is 24.9. The second-order valence-electron chi connectivity index (χ2n) is 4.37. The highest BCUT2D eigenvalue weighted by molar-refractivity contribution is 5.99. The van der Waals surface area contributed by atoms with Crippen LogP contribution in [0.15, 0.2) is 24.3 Å². The predicted octanol–water partition coefficient (Wildman–Crippen LogP) is 1.33. The maximum atomic E-state index is 12.0. The van der Waals surface area contributed by atoms with Crippen LogP contribution >= 0.6 is 0 Å². The summed E-state index contributed by atoms with van der Waals surface area (Å²) in [6.07, 6.45) is 0.308. The normalized spacial score (nSPS) is 9.84. The average Bonchev–Trinajstić information content (AvgIpc) is 2.39. The Balaban J connectivity index is 2.56. The van der Waals surface area contributed by atoms with Gasteiger partial charge in [-0.25, -0.2) is 0 Å². The van der Waals surface area contributed by atoms with Gasteiger partial charge in [-0.15, -0.1) is 0 Å². The third-order valence-corrected chi connectivity index (χ3v) is 2.66. The molecule has 104 valence electrons. The van der Waals surface area contributed by atoms with Crippen LogP contribution in [0.25, 0.3) is 0 Å². The molecule has 0 radical (unpaired) electrons. The Hall–Kier alpha value is -2.04. The maximum absolute atomic E-state index is 12.0. The van der Waals surface area contributed by atoms with Crippen LogP contribution in [0.3, 0.4) is 0 Å². The molecular formula is C14H21N3O2. The van der Waals surface area contributed by atoms with Crippen LogP contribution in [0.1, 0.15) is 23.7 Å². The van der Waals surface area contributed by atoms with Gasteiger partial charge in [-0.2, -0.15) is 0 Å². The molecule has 0 heterocycles. The summed E-state index contributed by atoms with van der Waals surface area (Å²) in [5, 5.41) is 5.90. The molecule has 2 amide bonds. The molecule has 0 bridgehead atoms. The molecule has 0 saturated heterocycles. The quantitative estimate of drug-likeness (QED) is 0.814. The number of carbonyl (C=O) groups is 2. The van der Waals surface area contributed by atoms with Crippen LogP contribution in [0.2, 0.25) is 0 Å². The van der Waals surface area contributed by atoms with E-state index in [1.165, 1.54) is 4.90 Å². The van der Waals surface area contributed by atoms with Crippen molar-refractivity contribution < 1.29 is 9.59 Å². The monoisotopic (exact) mass is 263 g/mol. The van der Waals surface area contributed by atoms with Crippen LogP contribution in [-0.4, -0.2) is 43.9 Å². The van der Waals surface area contributed by atoms with Gasteiger partial charge in [0.2, 0.25) is 5.91 Å². The molecule has 0 fully saturated rings. The smallest absolute Gasteiger partial charge is 0.253 e. The van der Waals surface area contributed by atoms with Crippen LogP contribution in [-0.2, 0) is 4.79 Å². The van der Waals surface area contributed by atoms with Gasteiger partial charge in [-0.05, 0) is 19.1 Å². The van der Waals surface area contributed by atoms with Crippen molar-refractivity contribution >= 4 is 17.5 Å². The topological polar surface area (TPSA) is 61.4 Å². The predicted molar refractivity (Wildman–Crippen MR) is 76.2 cm³/mol. The molecule has 0 unspecified atom stereocenters. The zero-order chi connectivity index (χ0) is 14.3. The molecular weight excluding hydrogens is 242 g/mol. The third kappa shape index (κ3) is 4.62. The Labute approximate surface area is 114 Å². The molecule has 0 aliphatic heterocycles. The number of nitrogens with one attached hydrogen (secondary N) is 2. The van der Waals surface area contributed by atoms with Gasteiger partial charge in [-0.1, -0.05) is 12.1 Å². The molecule has 1 rings (SSSR count). The van der Waals surface area contributed by atoms with E-state index in [1.807, 2.05) is 25.1 Å². The Morgan fingerprint density at radius 2 is 1.89 bits per heavy atom. The van der Waals surface area contributed by atoms with Gasteiger partial charge in [0.15, 0.2) is 0 Å². The summed E-state index contributed by atoms with van der Waals surface area (Å²) in [6.45, 7) is 3.07. The van der Waals surface area contributed by atoms with E-state index in [1.54, 1.807) is 20.2 Å². The van der Waals surface area contributed by atoms with Gasteiger partial charge >= 0.3 is 0 Å². The number of hydrogen-bond acceptors (Lipinski definition) is 3. The minimum absolute atomic E-state index is 0.000248. The van der Waals surface area contributed by atoms with Crippen molar-refractivity contribution in [2.75, 3.05) is 32.5 Å². The van der Waals surface area contributed by atoms with E-state index in [2.05, 4.69) is 10.6 Å². The lowest BCUT2D eigenvalue weighted by Gasteiger charge is -2.12. The number of rotatable bonds is 6. The fourth-order valence-electron chi connectivity index (χ4n) is 1.63. The molecule has 5 heteroatoms. The molecule has 0 saturated carbocycles. The lowest BCUT2D eigenvalue weighted by Crippen LogP contribution is -2.30. The minimum Gasteiger partial charge on any atom is -0.385 e. The summed E-state index contributed by atoms with van der Waals surface area (Å²) in [6, 6.07) is 7.33. The first-order chi connectivity index (χ1) is 9.06. The van der Waals surface area contributed by atoms with Crippen molar-refractivity contribution in [1.29, 1.82) is 0 Å². The van der Waals surface area contributed by atoms with E-state index >= 15 is 0 Å². The van der Waals surface area contributed by atoms with E-state index in [0.29, 0.717) is 18.5 Å². The molecule has 0 spiro atoms. The minimum atomic E-state index is -0.164. The molecule has 0 atom stereocenters. The van der Waals surface area contributed by atoms with Gasteiger partial charge in [0.25, 0.3) is 5.91 Å². The van der Waals surface area contributed by atoms with Gasteiger partial charge < -0.3 is 15.5 Å². The Morgan fingerprint density at radius 1 is 1.21 bits per heavy atom. The van der Waals surface area contributed by atoms with Crippen molar-refractivity contribution in [3.05, 3.63) is 29.8 Å². The lowest BCUT2D eigenvalue weighted by atomic mass is 10.1. The van der Waals surface area contributed by atoms with Crippen molar-refractivity contribution in [2.45, 2.75) is 13.3 Å². The standard InChI is InChI=1S/C14H21N3O2/c1-4-15-12-8-6-5-7-11(12)14(19)16-10-9-13(18)17(2)3/h5-8,15H,4,9-10H2,1-3H3,(H,16,19). The SMILES string of the molecule is CCNc1ccccc1C(=O)NCCC(=O)N(C)C. The second-order valence-corrected chi connectivity index (χ2v) is 4.37. The van der Waals surface area contributed by atoms with Gasteiger partial charge in [-0.3, -0.25) is 9.59 Å². The van der Waals surface area contributed by atoms with Crippen LogP contribution in [0.5, 0.6) is 0 Å². The van der Waals surface area contributed by atoms with Gasteiger partial charge in [0, 0.05) is 39.3 Å². The molecule has 2 N–H and O–H groups in total. The molecule has 1 aromatic carbocycles. The van der Waals surface area contributed by atoms with Gasteiger partial charge in [0.05, 0.1) is 5.56 Å². The van der Waals surface area contributed by atoms with E-state index in [-0.39, 0.29) is 11.8 Å². The third-order valence-electron chi connectivity index (χ3n) is 2.66. The number of nitrogens with zero attached hydrogens (tertiary/aromatic N) is 1. The number of hydrogen-bond donors (Lipinski definition) is 2. The molecule has 19 heavy (non-hydrogen) atoms. The molecule has 0 aliphatic carbocycles. The fourth-order valence-corrected chi connectivity index (χ4v) is 1.63. The first-order valence-electron chi connectivity index (χ1n) is 6.37. The molecule has 5 nitrogen and oxygen atoms in total. The molecule has 1 aromatic rings. The van der Waals surface area contributed by atoms with Crippen LogP contribution < -0.4 is 10.6 Å². The summed E-state index contributed by atoms with van der Waals surface area (Å²) >= 11 is 0. The highest BCUT2D eigenvalue weighted by atomic mass is 16.2. The van der Waals surface area contributed by atoms with Crippen molar-refractivity contribution in [2.24, 2.45) is 0 Å². The molecule has 0 aliphatic rings.